The van der Waals surface area contributed by atoms with E-state index in [-0.39, 0.29) is 16.9 Å². The molecule has 0 radical (unpaired) electrons. The van der Waals surface area contributed by atoms with Gasteiger partial charge < -0.3 is 15.4 Å². The fraction of sp³-hybridized carbons (Fsp3) is 0.333. The maximum atomic E-state index is 13.1. The Morgan fingerprint density at radius 1 is 0.875 bits per heavy atom. The van der Waals surface area contributed by atoms with Crippen LogP contribution in [0.3, 0.4) is 0 Å². The average molecular weight is 538 g/mol. The minimum absolute atomic E-state index is 0.0322. The van der Waals surface area contributed by atoms with Gasteiger partial charge in [0.1, 0.15) is 11.6 Å². The fourth-order valence-corrected chi connectivity index (χ4v) is 4.39. The van der Waals surface area contributed by atoms with Crippen molar-refractivity contribution in [3.05, 3.63) is 89.5 Å². The van der Waals surface area contributed by atoms with Gasteiger partial charge in [-0.25, -0.2) is 19.7 Å². The van der Waals surface area contributed by atoms with E-state index in [0.717, 1.165) is 45.9 Å². The smallest absolute Gasteiger partial charge is 0.323 e. The number of ether oxygens (including phenoxy) is 1. The molecule has 0 bridgehead atoms. The molecule has 2 aromatic carbocycles. The number of pyridine rings is 1. The lowest BCUT2D eigenvalue weighted by Gasteiger charge is -2.27. The van der Waals surface area contributed by atoms with Crippen LogP contribution in [0.1, 0.15) is 71.0 Å². The number of aromatic nitrogens is 3. The maximum absolute atomic E-state index is 13.1. The van der Waals surface area contributed by atoms with Crippen LogP contribution >= 0.6 is 0 Å². The van der Waals surface area contributed by atoms with Gasteiger partial charge in [-0.2, -0.15) is 0 Å². The zero-order valence-corrected chi connectivity index (χ0v) is 24.7. The molecule has 0 saturated carbocycles. The van der Waals surface area contributed by atoms with Gasteiger partial charge in [0.25, 0.3) is 0 Å². The van der Waals surface area contributed by atoms with Crippen molar-refractivity contribution in [3.8, 4) is 22.9 Å². The molecule has 4 rings (SSSR count). The Bertz CT molecular complexity index is 1520. The third-order valence-corrected chi connectivity index (χ3v) is 6.65. The number of hydrogen-bond donors (Lipinski definition) is 2. The number of anilines is 2. The van der Waals surface area contributed by atoms with Crippen LogP contribution in [-0.4, -0.2) is 21.0 Å². The molecule has 2 amide bonds. The Kier molecular flexibility index (Phi) is 8.24. The second-order valence-corrected chi connectivity index (χ2v) is 12.0. The minimum atomic E-state index is -0.299. The van der Waals surface area contributed by atoms with E-state index in [1.54, 1.807) is 12.4 Å². The number of amides is 2. The Morgan fingerprint density at radius 2 is 1.65 bits per heavy atom. The highest BCUT2D eigenvalue weighted by molar-refractivity contribution is 6.00. The first-order chi connectivity index (χ1) is 18.8. The summed E-state index contributed by atoms with van der Waals surface area (Å²) in [5.74, 6) is 1.86. The second kappa shape index (κ2) is 11.5. The number of hydrogen-bond acceptors (Lipinski definition) is 5. The van der Waals surface area contributed by atoms with Crippen molar-refractivity contribution in [3.63, 3.8) is 0 Å². The topological polar surface area (TPSA) is 89.0 Å². The van der Waals surface area contributed by atoms with E-state index >= 15 is 0 Å². The van der Waals surface area contributed by atoms with Gasteiger partial charge in [0.2, 0.25) is 5.88 Å². The van der Waals surface area contributed by atoms with Crippen molar-refractivity contribution in [2.75, 3.05) is 10.6 Å². The summed E-state index contributed by atoms with van der Waals surface area (Å²) in [6, 6.07) is 17.2. The molecule has 0 unspecified atom stereocenters. The summed E-state index contributed by atoms with van der Waals surface area (Å²) in [6.45, 7) is 16.9. The predicted molar refractivity (Wildman–Crippen MR) is 162 cm³/mol. The van der Waals surface area contributed by atoms with Crippen LogP contribution < -0.4 is 15.4 Å². The maximum Gasteiger partial charge on any atom is 0.323 e. The first-order valence-corrected chi connectivity index (χ1v) is 13.6. The van der Waals surface area contributed by atoms with Gasteiger partial charge in [0, 0.05) is 30.2 Å². The number of carbonyl (C=O) groups is 1. The molecule has 0 aliphatic carbocycles. The second-order valence-electron chi connectivity index (χ2n) is 12.0. The zero-order valence-electron chi connectivity index (χ0n) is 24.7. The molecule has 7 nitrogen and oxygen atoms in total. The van der Waals surface area contributed by atoms with Crippen molar-refractivity contribution in [1.82, 2.24) is 15.0 Å². The summed E-state index contributed by atoms with van der Waals surface area (Å²) in [4.78, 5) is 26.5. The van der Waals surface area contributed by atoms with Crippen molar-refractivity contribution in [1.29, 1.82) is 0 Å². The van der Waals surface area contributed by atoms with E-state index in [0.29, 0.717) is 17.3 Å². The average Bonchev–Trinajstić information content (AvgIpc) is 2.89. The van der Waals surface area contributed by atoms with Crippen LogP contribution in [0.25, 0.3) is 11.3 Å². The van der Waals surface area contributed by atoms with Crippen LogP contribution in [-0.2, 0) is 17.3 Å². The summed E-state index contributed by atoms with van der Waals surface area (Å²) in [6.07, 6.45) is 4.18. The molecule has 208 valence electrons. The van der Waals surface area contributed by atoms with Gasteiger partial charge in [-0.3, -0.25) is 0 Å². The number of nitrogens with zero attached hydrogens (tertiary/aromatic N) is 3. The summed E-state index contributed by atoms with van der Waals surface area (Å²) in [5.41, 5.74) is 5.96. The number of carbonyl (C=O) groups excluding carboxylic acids is 1. The molecule has 40 heavy (non-hydrogen) atoms. The molecule has 7 heteroatoms. The van der Waals surface area contributed by atoms with Crippen LogP contribution in [0.4, 0.5) is 16.2 Å². The molecule has 0 aliphatic rings. The lowest BCUT2D eigenvalue weighted by atomic mass is 9.81. The lowest BCUT2D eigenvalue weighted by molar-refractivity contribution is 0.262. The van der Waals surface area contributed by atoms with Crippen LogP contribution in [0.15, 0.2) is 67.0 Å². The first-order valence-electron chi connectivity index (χ1n) is 13.6. The zero-order chi connectivity index (χ0) is 29.1. The van der Waals surface area contributed by atoms with Crippen LogP contribution in [0.2, 0.25) is 0 Å². The van der Waals surface area contributed by atoms with E-state index in [4.69, 9.17) is 4.74 Å². The highest BCUT2D eigenvalue weighted by Gasteiger charge is 2.23. The minimum Gasteiger partial charge on any atom is -0.438 e. The summed E-state index contributed by atoms with van der Waals surface area (Å²) in [5, 5.41) is 6.05. The summed E-state index contributed by atoms with van der Waals surface area (Å²) in [7, 11) is 0. The molecule has 0 spiro atoms. The standard InChI is InChI=1S/C33H39N5O2/c1-9-29-34-18-16-26(37-29)24-11-10-17-35-30(24)40-28-15-13-23(19-21(28)2)36-31(39)38-27-20-22(32(3,4)5)12-14-25(27)33(6,7)8/h10-20H,9H2,1-8H3,(H2,36,38,39). The highest BCUT2D eigenvalue weighted by Crippen LogP contribution is 2.35. The first kappa shape index (κ1) is 28.7. The van der Waals surface area contributed by atoms with Crippen molar-refractivity contribution < 1.29 is 9.53 Å². The Balaban J connectivity index is 1.53. The molecule has 0 atom stereocenters. The van der Waals surface area contributed by atoms with Crippen molar-refractivity contribution in [2.24, 2.45) is 0 Å². The number of benzene rings is 2. The number of aryl methyl sites for hydroxylation is 2. The van der Waals surface area contributed by atoms with Crippen molar-refractivity contribution in [2.45, 2.75) is 72.6 Å². The molecule has 2 N–H and O–H groups in total. The molecule has 4 aromatic rings. The molecule has 0 fully saturated rings. The summed E-state index contributed by atoms with van der Waals surface area (Å²) < 4.78 is 6.22. The Morgan fingerprint density at radius 3 is 2.33 bits per heavy atom. The monoisotopic (exact) mass is 537 g/mol. The molecule has 0 saturated heterocycles. The number of nitrogens with one attached hydrogen (secondary N) is 2. The third kappa shape index (κ3) is 6.84. The normalized spacial score (nSPS) is 11.7. The Labute approximate surface area is 237 Å². The quantitative estimate of drug-likeness (QED) is 0.258. The molecular weight excluding hydrogens is 498 g/mol. The summed E-state index contributed by atoms with van der Waals surface area (Å²) >= 11 is 0. The SMILES string of the molecule is CCc1nccc(-c2cccnc2Oc2ccc(NC(=O)Nc3cc(C(C)(C)C)ccc3C(C)(C)C)cc2C)n1. The molecular formula is C33H39N5O2. The van der Waals surface area contributed by atoms with Gasteiger partial charge in [-0.1, -0.05) is 60.6 Å². The van der Waals surface area contributed by atoms with E-state index in [2.05, 4.69) is 85.3 Å². The van der Waals surface area contributed by atoms with E-state index in [1.807, 2.05) is 50.2 Å². The third-order valence-electron chi connectivity index (χ3n) is 6.65. The Hall–Kier alpha value is -4.26. The van der Waals surface area contributed by atoms with Gasteiger partial charge in [0.05, 0.1) is 11.3 Å². The van der Waals surface area contributed by atoms with E-state index in [1.165, 1.54) is 0 Å². The fourth-order valence-electron chi connectivity index (χ4n) is 4.39. The van der Waals surface area contributed by atoms with E-state index in [9.17, 15) is 4.79 Å². The number of urea groups is 1. The predicted octanol–water partition coefficient (Wildman–Crippen LogP) is 8.44. The molecule has 2 heterocycles. The lowest BCUT2D eigenvalue weighted by Crippen LogP contribution is -2.24. The molecule has 0 aliphatic heterocycles. The molecule has 2 aromatic heterocycles. The number of rotatable bonds is 6. The highest BCUT2D eigenvalue weighted by atomic mass is 16.5. The van der Waals surface area contributed by atoms with Gasteiger partial charge >= 0.3 is 6.03 Å². The van der Waals surface area contributed by atoms with E-state index < -0.39 is 0 Å². The van der Waals surface area contributed by atoms with Crippen LogP contribution in [0, 0.1) is 6.92 Å². The largest absolute Gasteiger partial charge is 0.438 e. The van der Waals surface area contributed by atoms with Gasteiger partial charge in [0.15, 0.2) is 0 Å². The van der Waals surface area contributed by atoms with Gasteiger partial charge in [-0.05, 0) is 76.9 Å². The van der Waals surface area contributed by atoms with Crippen molar-refractivity contribution >= 4 is 17.4 Å². The van der Waals surface area contributed by atoms with Gasteiger partial charge in [-0.15, -0.1) is 0 Å². The van der Waals surface area contributed by atoms with Crippen LogP contribution in [0.5, 0.6) is 11.6 Å².